The molecule has 0 amide bonds. The van der Waals surface area contributed by atoms with E-state index in [1.165, 1.54) is 36.9 Å². The molecule has 0 saturated carbocycles. The summed E-state index contributed by atoms with van der Waals surface area (Å²) in [4.78, 5) is 12.2. The Morgan fingerprint density at radius 1 is 1.47 bits per heavy atom. The summed E-state index contributed by atoms with van der Waals surface area (Å²) in [7, 11) is 2.01. The van der Waals surface area contributed by atoms with E-state index in [-0.39, 0.29) is 5.56 Å². The third kappa shape index (κ3) is 3.08. The van der Waals surface area contributed by atoms with Crippen molar-refractivity contribution in [3.63, 3.8) is 0 Å². The lowest BCUT2D eigenvalue weighted by Gasteiger charge is -2.28. The molecule has 19 heavy (non-hydrogen) atoms. The number of pyridine rings is 1. The second-order valence-corrected chi connectivity index (χ2v) is 5.81. The molecule has 0 radical (unpaired) electrons. The number of fused-ring (bicyclic) bond motifs is 1. The van der Waals surface area contributed by atoms with E-state index < -0.39 is 0 Å². The number of nitrogens with one attached hydrogen (secondary N) is 1. The van der Waals surface area contributed by atoms with Crippen molar-refractivity contribution in [3.05, 3.63) is 33.7 Å². The summed E-state index contributed by atoms with van der Waals surface area (Å²) in [5.74, 6) is 0.573. The molecule has 1 N–H and O–H groups in total. The van der Waals surface area contributed by atoms with Crippen molar-refractivity contribution >= 4 is 0 Å². The maximum absolute atomic E-state index is 12.2. The minimum atomic E-state index is 0.165. The molecule has 3 heteroatoms. The Kier molecular flexibility index (Phi) is 4.81. The van der Waals surface area contributed by atoms with Crippen molar-refractivity contribution in [3.8, 4) is 0 Å². The molecule has 0 aliphatic heterocycles. The zero-order chi connectivity index (χ0) is 13.8. The molecule has 106 valence electrons. The van der Waals surface area contributed by atoms with Crippen molar-refractivity contribution in [2.75, 3.05) is 7.05 Å². The Balaban J connectivity index is 2.34. The Bertz CT molecular complexity index is 478. The van der Waals surface area contributed by atoms with E-state index in [2.05, 4.69) is 19.2 Å². The molecule has 2 atom stereocenters. The van der Waals surface area contributed by atoms with Crippen LogP contribution in [0.5, 0.6) is 0 Å². The van der Waals surface area contributed by atoms with Crippen LogP contribution >= 0.6 is 0 Å². The lowest BCUT2D eigenvalue weighted by molar-refractivity contribution is 0.408. The van der Waals surface area contributed by atoms with Gasteiger partial charge >= 0.3 is 0 Å². The zero-order valence-electron chi connectivity index (χ0n) is 12.4. The van der Waals surface area contributed by atoms with E-state index in [1.807, 2.05) is 17.7 Å². The van der Waals surface area contributed by atoms with Gasteiger partial charge in [-0.15, -0.1) is 0 Å². The van der Waals surface area contributed by atoms with Gasteiger partial charge in [0.15, 0.2) is 0 Å². The highest BCUT2D eigenvalue weighted by Gasteiger charge is 2.22. The normalized spacial score (nSPS) is 20.1. The molecular formula is C16H26N2O. The molecule has 0 bridgehead atoms. The van der Waals surface area contributed by atoms with Gasteiger partial charge in [0.1, 0.15) is 0 Å². The molecule has 2 rings (SSSR count). The van der Waals surface area contributed by atoms with Crippen LogP contribution in [0.4, 0.5) is 0 Å². The summed E-state index contributed by atoms with van der Waals surface area (Å²) in [6.07, 6.45) is 5.76. The fraction of sp³-hybridized carbons (Fsp3) is 0.688. The Morgan fingerprint density at radius 3 is 2.95 bits per heavy atom. The van der Waals surface area contributed by atoms with Crippen LogP contribution in [0.15, 0.2) is 16.9 Å². The summed E-state index contributed by atoms with van der Waals surface area (Å²) in [6, 6.07) is 4.18. The second kappa shape index (κ2) is 6.38. The molecule has 0 aromatic carbocycles. The second-order valence-electron chi connectivity index (χ2n) is 5.81. The fourth-order valence-electron chi connectivity index (χ4n) is 3.26. The quantitative estimate of drug-likeness (QED) is 0.885. The van der Waals surface area contributed by atoms with E-state index in [9.17, 15) is 4.79 Å². The third-order valence-corrected chi connectivity index (χ3v) is 4.24. The lowest BCUT2D eigenvalue weighted by Crippen LogP contribution is -2.31. The van der Waals surface area contributed by atoms with Crippen LogP contribution in [-0.4, -0.2) is 11.6 Å². The topological polar surface area (TPSA) is 34.0 Å². The van der Waals surface area contributed by atoms with Gasteiger partial charge in [0.25, 0.3) is 5.56 Å². The molecule has 1 heterocycles. The number of nitrogens with zero attached hydrogens (tertiary/aromatic N) is 1. The lowest BCUT2D eigenvalue weighted by atomic mass is 9.90. The van der Waals surface area contributed by atoms with Gasteiger partial charge in [-0.05, 0) is 44.2 Å². The van der Waals surface area contributed by atoms with Gasteiger partial charge in [0.2, 0.25) is 0 Å². The first-order chi connectivity index (χ1) is 9.17. The van der Waals surface area contributed by atoms with Crippen LogP contribution < -0.4 is 10.9 Å². The van der Waals surface area contributed by atoms with Gasteiger partial charge < -0.3 is 9.88 Å². The molecule has 1 aliphatic carbocycles. The van der Waals surface area contributed by atoms with E-state index in [0.29, 0.717) is 12.0 Å². The molecular weight excluding hydrogens is 236 g/mol. The van der Waals surface area contributed by atoms with Crippen molar-refractivity contribution < 1.29 is 0 Å². The summed E-state index contributed by atoms with van der Waals surface area (Å²) in [5.41, 5.74) is 2.76. The van der Waals surface area contributed by atoms with Gasteiger partial charge in [-0.3, -0.25) is 4.79 Å². The van der Waals surface area contributed by atoms with Crippen molar-refractivity contribution in [2.45, 2.75) is 58.5 Å². The predicted octanol–water partition coefficient (Wildman–Crippen LogP) is 2.88. The minimum absolute atomic E-state index is 0.165. The maximum atomic E-state index is 12.2. The Labute approximate surface area is 116 Å². The van der Waals surface area contributed by atoms with E-state index in [0.717, 1.165) is 13.0 Å². The van der Waals surface area contributed by atoms with Gasteiger partial charge in [0, 0.05) is 24.3 Å². The van der Waals surface area contributed by atoms with E-state index >= 15 is 0 Å². The number of aromatic nitrogens is 1. The van der Waals surface area contributed by atoms with Crippen LogP contribution in [0.25, 0.3) is 0 Å². The van der Waals surface area contributed by atoms with Crippen LogP contribution in [-0.2, 0) is 13.0 Å². The van der Waals surface area contributed by atoms with Gasteiger partial charge in [0.05, 0.1) is 0 Å². The van der Waals surface area contributed by atoms with Crippen molar-refractivity contribution in [1.82, 2.24) is 9.88 Å². The molecule has 1 aromatic rings. The smallest absolute Gasteiger partial charge is 0.250 e. The minimum Gasteiger partial charge on any atom is -0.313 e. The van der Waals surface area contributed by atoms with Gasteiger partial charge in [-0.25, -0.2) is 0 Å². The zero-order valence-corrected chi connectivity index (χ0v) is 12.4. The molecule has 0 fully saturated rings. The van der Waals surface area contributed by atoms with Gasteiger partial charge in [-0.2, -0.15) is 0 Å². The first-order valence-corrected chi connectivity index (χ1v) is 7.57. The van der Waals surface area contributed by atoms with Crippen molar-refractivity contribution in [2.24, 2.45) is 5.92 Å². The monoisotopic (exact) mass is 262 g/mol. The number of hydrogen-bond acceptors (Lipinski definition) is 2. The summed E-state index contributed by atoms with van der Waals surface area (Å²) in [5, 5.41) is 3.37. The highest BCUT2D eigenvalue weighted by Crippen LogP contribution is 2.28. The first kappa shape index (κ1) is 14.3. The average Bonchev–Trinajstić information content (AvgIpc) is 2.41. The number of rotatable bonds is 5. The van der Waals surface area contributed by atoms with Crippen LogP contribution in [0.2, 0.25) is 0 Å². The molecule has 0 spiro atoms. The highest BCUT2D eigenvalue weighted by atomic mass is 16.1. The Hall–Kier alpha value is -1.09. The van der Waals surface area contributed by atoms with E-state index in [4.69, 9.17) is 0 Å². The van der Waals surface area contributed by atoms with E-state index in [1.54, 1.807) is 6.07 Å². The standard InChI is InChI=1S/C16H26N2O/c1-4-6-12(2)11-18-15-8-5-7-14(17-3)13(15)9-10-16(18)19/h9-10,12,14,17H,4-8,11H2,1-3H3. The molecule has 2 unspecified atom stereocenters. The third-order valence-electron chi connectivity index (χ3n) is 4.24. The van der Waals surface area contributed by atoms with Gasteiger partial charge in [-0.1, -0.05) is 26.3 Å². The predicted molar refractivity (Wildman–Crippen MR) is 79.5 cm³/mol. The molecule has 0 saturated heterocycles. The molecule has 1 aliphatic rings. The van der Waals surface area contributed by atoms with Crippen molar-refractivity contribution in [1.29, 1.82) is 0 Å². The van der Waals surface area contributed by atoms with Crippen LogP contribution in [0, 0.1) is 5.92 Å². The Morgan fingerprint density at radius 2 is 2.26 bits per heavy atom. The largest absolute Gasteiger partial charge is 0.313 e. The SMILES string of the molecule is CCCC(C)Cn1c2c(ccc1=O)C(NC)CCC2. The fourth-order valence-corrected chi connectivity index (χ4v) is 3.26. The summed E-state index contributed by atoms with van der Waals surface area (Å²) in [6.45, 7) is 5.32. The molecule has 1 aromatic heterocycles. The summed E-state index contributed by atoms with van der Waals surface area (Å²) >= 11 is 0. The van der Waals surface area contributed by atoms with Crippen LogP contribution in [0.1, 0.15) is 56.8 Å². The first-order valence-electron chi connectivity index (χ1n) is 7.57. The molecule has 3 nitrogen and oxygen atoms in total. The number of hydrogen-bond donors (Lipinski definition) is 1. The highest BCUT2D eigenvalue weighted by molar-refractivity contribution is 5.27. The summed E-state index contributed by atoms with van der Waals surface area (Å²) < 4.78 is 2.03. The maximum Gasteiger partial charge on any atom is 0.250 e. The average molecular weight is 262 g/mol. The van der Waals surface area contributed by atoms with Crippen LogP contribution in [0.3, 0.4) is 0 Å².